The third-order valence-corrected chi connectivity index (χ3v) is 6.84. The zero-order valence-corrected chi connectivity index (χ0v) is 20.8. The lowest BCUT2D eigenvalue weighted by Crippen LogP contribution is -2.40. The number of benzene rings is 2. The zero-order chi connectivity index (χ0) is 24.5. The second-order valence-electron chi connectivity index (χ2n) is 7.62. The van der Waals surface area contributed by atoms with Crippen LogP contribution in [0.4, 0.5) is 4.39 Å². The van der Waals surface area contributed by atoms with Crippen LogP contribution in [0.5, 0.6) is 0 Å². The Morgan fingerprint density at radius 3 is 2.57 bits per heavy atom. The number of aromatic nitrogens is 1. The van der Waals surface area contributed by atoms with Crippen LogP contribution in [0, 0.1) is 5.82 Å². The fourth-order valence-electron chi connectivity index (χ4n) is 3.94. The number of hydrogen-bond acceptors (Lipinski definition) is 6. The number of carbonyl (C=O) groups is 1. The number of esters is 1. The molecule has 4 aromatic rings. The fraction of sp³-hybridized carbons (Fsp3) is 0.115. The van der Waals surface area contributed by atoms with Crippen LogP contribution in [-0.2, 0) is 9.53 Å². The Labute approximate surface area is 211 Å². The topological polar surface area (TPSA) is 73.8 Å². The molecule has 0 spiro atoms. The Hall–Kier alpha value is -3.56. The van der Waals surface area contributed by atoms with Crippen molar-refractivity contribution in [3.05, 3.63) is 119 Å². The fourth-order valence-corrected chi connectivity index (χ4v) is 5.24. The van der Waals surface area contributed by atoms with Crippen molar-refractivity contribution in [1.29, 1.82) is 0 Å². The normalized spacial score (nSPS) is 15.6. The van der Waals surface area contributed by atoms with Crippen molar-refractivity contribution < 1.29 is 18.3 Å². The maximum absolute atomic E-state index is 13.8. The first kappa shape index (κ1) is 23.2. The van der Waals surface area contributed by atoms with Crippen LogP contribution in [0.1, 0.15) is 29.9 Å². The molecular weight excluding hydrogens is 535 g/mol. The van der Waals surface area contributed by atoms with Gasteiger partial charge < -0.3 is 9.15 Å². The summed E-state index contributed by atoms with van der Waals surface area (Å²) < 4.78 is 27.1. The maximum atomic E-state index is 13.8. The van der Waals surface area contributed by atoms with Crippen LogP contribution in [-0.4, -0.2) is 17.1 Å². The smallest absolute Gasteiger partial charge is 0.338 e. The van der Waals surface area contributed by atoms with Crippen molar-refractivity contribution >= 4 is 45.0 Å². The summed E-state index contributed by atoms with van der Waals surface area (Å²) in [7, 11) is 0. The lowest BCUT2D eigenvalue weighted by atomic mass is 9.93. The average Bonchev–Trinajstić information content (AvgIpc) is 3.41. The Kier molecular flexibility index (Phi) is 6.36. The summed E-state index contributed by atoms with van der Waals surface area (Å²) >= 11 is 4.45. The van der Waals surface area contributed by atoms with Gasteiger partial charge in [0, 0.05) is 11.6 Å². The molecule has 0 N–H and O–H groups in total. The van der Waals surface area contributed by atoms with Gasteiger partial charge in [0.05, 0.1) is 28.5 Å². The molecule has 5 rings (SSSR count). The van der Waals surface area contributed by atoms with Gasteiger partial charge >= 0.3 is 5.97 Å². The van der Waals surface area contributed by atoms with E-state index < -0.39 is 17.8 Å². The molecule has 2 aromatic heterocycles. The number of thiazole rings is 1. The second-order valence-corrected chi connectivity index (χ2v) is 9.42. The minimum absolute atomic E-state index is 0.151. The molecule has 0 fully saturated rings. The molecule has 6 nitrogen and oxygen atoms in total. The first-order valence-corrected chi connectivity index (χ1v) is 12.4. The van der Waals surface area contributed by atoms with E-state index >= 15 is 0 Å². The quantitative estimate of drug-likeness (QED) is 0.343. The first-order chi connectivity index (χ1) is 17.0. The Morgan fingerprint density at radius 2 is 1.91 bits per heavy atom. The van der Waals surface area contributed by atoms with Gasteiger partial charge in [0.1, 0.15) is 11.6 Å². The van der Waals surface area contributed by atoms with E-state index in [4.69, 9.17) is 14.1 Å². The van der Waals surface area contributed by atoms with Crippen molar-refractivity contribution in [2.24, 2.45) is 4.99 Å². The monoisotopic (exact) mass is 552 g/mol. The molecule has 0 unspecified atom stereocenters. The number of rotatable bonds is 5. The van der Waals surface area contributed by atoms with Gasteiger partial charge in [-0.2, -0.15) is 0 Å². The van der Waals surface area contributed by atoms with E-state index in [1.54, 1.807) is 37.3 Å². The van der Waals surface area contributed by atoms with Crippen molar-refractivity contribution in [2.75, 3.05) is 6.61 Å². The van der Waals surface area contributed by atoms with E-state index in [0.29, 0.717) is 36.6 Å². The lowest BCUT2D eigenvalue weighted by Gasteiger charge is -2.25. The molecule has 9 heteroatoms. The summed E-state index contributed by atoms with van der Waals surface area (Å²) in [5.74, 6) is -0.517. The molecule has 0 amide bonds. The number of fused-ring (bicyclic) bond motifs is 1. The van der Waals surface area contributed by atoms with E-state index in [1.807, 2.05) is 30.3 Å². The highest BCUT2D eigenvalue weighted by atomic mass is 79.9. The molecule has 0 aliphatic carbocycles. The molecule has 1 aliphatic heterocycles. The van der Waals surface area contributed by atoms with Crippen LogP contribution in [0.3, 0.4) is 0 Å². The molecule has 1 atom stereocenters. The summed E-state index contributed by atoms with van der Waals surface area (Å²) in [6.45, 7) is 1.86. The SMILES string of the molecule is CCOC(=O)C1=C(c2ccccc2)N=c2s/c(=C\c3ccc(Br)o3)c(=O)n2[C@@H]1c1ccc(F)cc1. The largest absolute Gasteiger partial charge is 0.463 e. The molecule has 0 radical (unpaired) electrons. The predicted octanol–water partition coefficient (Wildman–Crippen LogP) is 4.43. The molecule has 176 valence electrons. The number of ether oxygens (including phenoxy) is 1. The molecule has 2 aromatic carbocycles. The van der Waals surface area contributed by atoms with E-state index in [1.165, 1.54) is 28.0 Å². The van der Waals surface area contributed by atoms with Crippen molar-refractivity contribution in [1.82, 2.24) is 4.57 Å². The number of halogens is 2. The van der Waals surface area contributed by atoms with Crippen LogP contribution < -0.4 is 14.9 Å². The van der Waals surface area contributed by atoms with Crippen molar-refractivity contribution in [3.8, 4) is 0 Å². The molecule has 0 bridgehead atoms. The molecule has 3 heterocycles. The summed E-state index contributed by atoms with van der Waals surface area (Å²) in [6, 6.07) is 17.6. The van der Waals surface area contributed by atoms with Crippen molar-refractivity contribution in [2.45, 2.75) is 13.0 Å². The van der Waals surface area contributed by atoms with Crippen LogP contribution in [0.15, 0.2) is 91.2 Å². The number of furan rings is 1. The predicted molar refractivity (Wildman–Crippen MR) is 134 cm³/mol. The van der Waals surface area contributed by atoms with Gasteiger partial charge in [0.25, 0.3) is 5.56 Å². The highest BCUT2D eigenvalue weighted by Gasteiger charge is 2.35. The van der Waals surface area contributed by atoms with E-state index in [9.17, 15) is 14.0 Å². The molecule has 0 saturated carbocycles. The van der Waals surface area contributed by atoms with E-state index in [0.717, 1.165) is 0 Å². The average molecular weight is 553 g/mol. The highest BCUT2D eigenvalue weighted by molar-refractivity contribution is 9.10. The van der Waals surface area contributed by atoms with Gasteiger partial charge in [-0.3, -0.25) is 9.36 Å². The molecule has 0 saturated heterocycles. The van der Waals surface area contributed by atoms with Gasteiger partial charge in [0.2, 0.25) is 0 Å². The molecular formula is C26H18BrFN2O4S. The second kappa shape index (κ2) is 9.59. The van der Waals surface area contributed by atoms with E-state index in [2.05, 4.69) is 15.9 Å². The standard InChI is InChI=1S/C26H18BrFN2O4S/c1-2-33-25(32)21-22(15-6-4-3-5-7-15)29-26-30(23(21)16-8-10-17(28)11-9-16)24(31)19(35-26)14-18-12-13-20(27)34-18/h3-14,23H,2H2,1H3/b19-14-/t23-/m1/s1. The first-order valence-electron chi connectivity index (χ1n) is 10.8. The Morgan fingerprint density at radius 1 is 1.17 bits per heavy atom. The van der Waals surface area contributed by atoms with Crippen LogP contribution >= 0.6 is 27.3 Å². The van der Waals surface area contributed by atoms with Gasteiger partial charge in [-0.1, -0.05) is 53.8 Å². The summed E-state index contributed by atoms with van der Waals surface area (Å²) in [5, 5.41) is 0. The van der Waals surface area contributed by atoms with E-state index in [-0.39, 0.29) is 17.7 Å². The highest BCUT2D eigenvalue weighted by Crippen LogP contribution is 2.35. The lowest BCUT2D eigenvalue weighted by molar-refractivity contribution is -0.138. The zero-order valence-electron chi connectivity index (χ0n) is 18.4. The number of nitrogens with zero attached hydrogens (tertiary/aromatic N) is 2. The maximum Gasteiger partial charge on any atom is 0.338 e. The molecule has 35 heavy (non-hydrogen) atoms. The third kappa shape index (κ3) is 4.44. The number of carbonyl (C=O) groups excluding carboxylic acids is 1. The van der Waals surface area contributed by atoms with Gasteiger partial charge in [-0.15, -0.1) is 0 Å². The Balaban J connectivity index is 1.83. The Bertz CT molecular complexity index is 1620. The van der Waals surface area contributed by atoms with Crippen molar-refractivity contribution in [3.63, 3.8) is 0 Å². The van der Waals surface area contributed by atoms with Gasteiger partial charge in [-0.05, 0) is 52.7 Å². The van der Waals surface area contributed by atoms with Gasteiger partial charge in [0.15, 0.2) is 9.47 Å². The summed E-state index contributed by atoms with van der Waals surface area (Å²) in [4.78, 5) is 32.1. The minimum atomic E-state index is -0.855. The summed E-state index contributed by atoms with van der Waals surface area (Å²) in [6.07, 6.45) is 1.63. The van der Waals surface area contributed by atoms with Crippen LogP contribution in [0.2, 0.25) is 0 Å². The van der Waals surface area contributed by atoms with Gasteiger partial charge in [-0.25, -0.2) is 14.2 Å². The summed E-state index contributed by atoms with van der Waals surface area (Å²) in [5.41, 5.74) is 1.54. The number of hydrogen-bond donors (Lipinski definition) is 0. The third-order valence-electron chi connectivity index (χ3n) is 5.43. The minimum Gasteiger partial charge on any atom is -0.463 e. The molecule has 1 aliphatic rings. The van der Waals surface area contributed by atoms with Crippen LogP contribution in [0.25, 0.3) is 11.8 Å².